The first kappa shape index (κ1) is 20.9. The van der Waals surface area contributed by atoms with Gasteiger partial charge < -0.3 is 14.2 Å². The molecule has 0 aliphatic carbocycles. The number of hydrogen-bond acceptors (Lipinski definition) is 8. The summed E-state index contributed by atoms with van der Waals surface area (Å²) in [5, 5.41) is 4.34. The van der Waals surface area contributed by atoms with Crippen molar-refractivity contribution in [3.05, 3.63) is 11.5 Å². The number of carbonyl (C=O) groups is 2. The van der Waals surface area contributed by atoms with Gasteiger partial charge in [-0.1, -0.05) is 0 Å². The number of esters is 2. The van der Waals surface area contributed by atoms with Crippen molar-refractivity contribution in [2.45, 2.75) is 40.2 Å². The lowest BCUT2D eigenvalue weighted by Crippen LogP contribution is -2.39. The fraction of sp³-hybridized carbons (Fsp3) is 0.588. The molecule has 0 fully saturated rings. The summed E-state index contributed by atoms with van der Waals surface area (Å²) in [5.41, 5.74) is -0.236. The Labute approximate surface area is 162 Å². The van der Waals surface area contributed by atoms with E-state index in [1.54, 1.807) is 24.7 Å². The number of aryl methyl sites for hydroxylation is 1. The molecule has 0 radical (unpaired) electrons. The van der Waals surface area contributed by atoms with Gasteiger partial charge in [0.15, 0.2) is 5.41 Å². The Morgan fingerprint density at radius 3 is 2.37 bits per heavy atom. The Kier molecular flexibility index (Phi) is 6.95. The zero-order chi connectivity index (χ0) is 20.0. The van der Waals surface area contributed by atoms with Gasteiger partial charge in [-0.25, -0.2) is 4.98 Å². The maximum absolute atomic E-state index is 12.3. The zero-order valence-electron chi connectivity index (χ0n) is 15.8. The SMILES string of the molecule is CCOC(=O)C(C)(CCCn1ncc2nc(Cl)nc(OC)c21)C(=O)OCC. The summed E-state index contributed by atoms with van der Waals surface area (Å²) in [4.78, 5) is 32.8. The van der Waals surface area contributed by atoms with Gasteiger partial charge in [0.2, 0.25) is 11.2 Å². The standard InChI is InChI=1S/C17H23ClN4O5/c1-5-26-14(23)17(3,15(24)27-6-2)8-7-9-22-12-11(10-19-22)20-16(18)21-13(12)25-4/h10H,5-9H2,1-4H3. The third-order valence-corrected chi connectivity index (χ3v) is 4.29. The average molecular weight is 399 g/mol. The number of carbonyl (C=O) groups excluding carboxylic acids is 2. The second kappa shape index (κ2) is 8.98. The number of rotatable bonds is 9. The lowest BCUT2D eigenvalue weighted by Gasteiger charge is -2.24. The molecular weight excluding hydrogens is 376 g/mol. The van der Waals surface area contributed by atoms with Crippen LogP contribution in [-0.4, -0.2) is 52.0 Å². The van der Waals surface area contributed by atoms with Crippen LogP contribution in [0.5, 0.6) is 5.88 Å². The molecule has 148 valence electrons. The molecule has 0 spiro atoms. The monoisotopic (exact) mass is 398 g/mol. The third-order valence-electron chi connectivity index (χ3n) is 4.12. The summed E-state index contributed by atoms with van der Waals surface area (Å²) in [5.74, 6) is -0.885. The van der Waals surface area contributed by atoms with E-state index in [0.717, 1.165) is 0 Å². The smallest absolute Gasteiger partial charge is 0.323 e. The summed E-state index contributed by atoms with van der Waals surface area (Å²) in [6.45, 7) is 5.71. The van der Waals surface area contributed by atoms with Crippen LogP contribution in [0.25, 0.3) is 11.0 Å². The van der Waals surface area contributed by atoms with Crippen LogP contribution in [0.15, 0.2) is 6.20 Å². The third kappa shape index (κ3) is 4.47. The van der Waals surface area contributed by atoms with Gasteiger partial charge in [0, 0.05) is 6.54 Å². The van der Waals surface area contributed by atoms with Crippen molar-refractivity contribution < 1.29 is 23.8 Å². The molecule has 2 rings (SSSR count). The van der Waals surface area contributed by atoms with Gasteiger partial charge in [0.1, 0.15) is 11.0 Å². The van der Waals surface area contributed by atoms with Crippen molar-refractivity contribution in [1.82, 2.24) is 19.7 Å². The van der Waals surface area contributed by atoms with E-state index in [9.17, 15) is 9.59 Å². The molecule has 0 aromatic carbocycles. The van der Waals surface area contributed by atoms with E-state index < -0.39 is 17.4 Å². The molecule has 9 nitrogen and oxygen atoms in total. The van der Waals surface area contributed by atoms with E-state index >= 15 is 0 Å². The molecule has 0 bridgehead atoms. The number of methoxy groups -OCH3 is 1. The largest absolute Gasteiger partial charge is 0.479 e. The highest BCUT2D eigenvalue weighted by molar-refractivity contribution is 6.28. The van der Waals surface area contributed by atoms with Gasteiger partial charge in [-0.15, -0.1) is 0 Å². The summed E-state index contributed by atoms with van der Waals surface area (Å²) in [6, 6.07) is 0. The highest BCUT2D eigenvalue weighted by Crippen LogP contribution is 2.29. The number of halogens is 1. The molecule has 0 saturated heterocycles. The van der Waals surface area contributed by atoms with Crippen molar-refractivity contribution in [2.75, 3.05) is 20.3 Å². The maximum Gasteiger partial charge on any atom is 0.323 e. The Hall–Kier alpha value is -2.42. The highest BCUT2D eigenvalue weighted by Gasteiger charge is 2.43. The molecule has 0 unspecified atom stereocenters. The fourth-order valence-corrected chi connectivity index (χ4v) is 2.87. The predicted molar refractivity (Wildman–Crippen MR) is 97.5 cm³/mol. The minimum atomic E-state index is -1.38. The molecule has 0 amide bonds. The quantitative estimate of drug-likeness (QED) is 0.360. The fourth-order valence-electron chi connectivity index (χ4n) is 2.70. The Morgan fingerprint density at radius 2 is 1.81 bits per heavy atom. The molecule has 0 saturated carbocycles. The van der Waals surface area contributed by atoms with Crippen LogP contribution in [-0.2, 0) is 25.6 Å². The molecular formula is C17H23ClN4O5. The van der Waals surface area contributed by atoms with E-state index in [-0.39, 0.29) is 24.9 Å². The Morgan fingerprint density at radius 1 is 1.19 bits per heavy atom. The zero-order valence-corrected chi connectivity index (χ0v) is 16.6. The average Bonchev–Trinajstić information content (AvgIpc) is 3.03. The maximum atomic E-state index is 12.3. The first-order valence-corrected chi connectivity index (χ1v) is 9.02. The molecule has 2 aromatic rings. The van der Waals surface area contributed by atoms with E-state index in [2.05, 4.69) is 15.1 Å². The van der Waals surface area contributed by atoms with Gasteiger partial charge in [-0.05, 0) is 45.2 Å². The van der Waals surface area contributed by atoms with Crippen LogP contribution in [0.2, 0.25) is 5.28 Å². The van der Waals surface area contributed by atoms with Crippen LogP contribution >= 0.6 is 11.6 Å². The molecule has 0 N–H and O–H groups in total. The van der Waals surface area contributed by atoms with Crippen LogP contribution < -0.4 is 4.74 Å². The van der Waals surface area contributed by atoms with Gasteiger partial charge in [-0.2, -0.15) is 10.1 Å². The number of hydrogen-bond donors (Lipinski definition) is 0. The Balaban J connectivity index is 2.18. The second-order valence-electron chi connectivity index (χ2n) is 5.98. The van der Waals surface area contributed by atoms with Crippen molar-refractivity contribution in [1.29, 1.82) is 0 Å². The van der Waals surface area contributed by atoms with Gasteiger partial charge in [0.25, 0.3) is 0 Å². The number of ether oxygens (including phenoxy) is 3. The van der Waals surface area contributed by atoms with E-state index in [1.807, 2.05) is 0 Å². The topological polar surface area (TPSA) is 105 Å². The lowest BCUT2D eigenvalue weighted by atomic mass is 9.85. The predicted octanol–water partition coefficient (Wildman–Crippen LogP) is 2.40. The van der Waals surface area contributed by atoms with E-state index in [4.69, 9.17) is 25.8 Å². The number of fused-ring (bicyclic) bond motifs is 1. The van der Waals surface area contributed by atoms with Crippen LogP contribution in [0.3, 0.4) is 0 Å². The van der Waals surface area contributed by atoms with Gasteiger partial charge >= 0.3 is 11.9 Å². The van der Waals surface area contributed by atoms with Crippen molar-refractivity contribution in [3.63, 3.8) is 0 Å². The molecule has 27 heavy (non-hydrogen) atoms. The summed E-state index contributed by atoms with van der Waals surface area (Å²) in [7, 11) is 1.48. The molecule has 2 aromatic heterocycles. The second-order valence-corrected chi connectivity index (χ2v) is 6.32. The van der Waals surface area contributed by atoms with Crippen LogP contribution in [0.4, 0.5) is 0 Å². The normalized spacial score (nSPS) is 11.4. The van der Waals surface area contributed by atoms with Crippen LogP contribution in [0.1, 0.15) is 33.6 Å². The number of aromatic nitrogens is 4. The Bertz CT molecular complexity index is 805. The minimum absolute atomic E-state index is 0.0658. The van der Waals surface area contributed by atoms with Crippen molar-refractivity contribution in [3.8, 4) is 5.88 Å². The molecule has 0 atom stereocenters. The van der Waals surface area contributed by atoms with Crippen LogP contribution in [0, 0.1) is 5.41 Å². The first-order valence-electron chi connectivity index (χ1n) is 8.64. The lowest BCUT2D eigenvalue weighted by molar-refractivity contribution is -0.171. The minimum Gasteiger partial charge on any atom is -0.479 e. The summed E-state index contributed by atoms with van der Waals surface area (Å²) in [6.07, 6.45) is 2.26. The highest BCUT2D eigenvalue weighted by atomic mass is 35.5. The van der Waals surface area contributed by atoms with Crippen molar-refractivity contribution in [2.24, 2.45) is 5.41 Å². The number of nitrogens with zero attached hydrogens (tertiary/aromatic N) is 4. The first-order chi connectivity index (χ1) is 12.9. The summed E-state index contributed by atoms with van der Waals surface area (Å²) < 4.78 is 17.0. The van der Waals surface area contributed by atoms with Gasteiger partial charge in [-0.3, -0.25) is 14.3 Å². The van der Waals surface area contributed by atoms with E-state index in [0.29, 0.717) is 29.9 Å². The molecule has 0 aliphatic rings. The van der Waals surface area contributed by atoms with Gasteiger partial charge in [0.05, 0.1) is 26.5 Å². The molecule has 0 aliphatic heterocycles. The summed E-state index contributed by atoms with van der Waals surface area (Å²) >= 11 is 5.86. The van der Waals surface area contributed by atoms with E-state index in [1.165, 1.54) is 14.0 Å². The molecule has 10 heteroatoms. The molecule has 2 heterocycles. The van der Waals surface area contributed by atoms with Crippen molar-refractivity contribution >= 4 is 34.6 Å².